The normalized spacial score (nSPS) is 7.75. The topological polar surface area (TPSA) is 29.5 Å². The van der Waals surface area contributed by atoms with E-state index < -0.39 is 0 Å². The first-order chi connectivity index (χ1) is 3.91. The number of hydrogen-bond donors (Lipinski definition) is 1. The van der Waals surface area contributed by atoms with E-state index in [1.165, 1.54) is 0 Å². The van der Waals surface area contributed by atoms with Crippen LogP contribution in [0.1, 0.15) is 6.92 Å². The zero-order chi connectivity index (χ0) is 6.24. The van der Waals surface area contributed by atoms with Gasteiger partial charge in [0.25, 0.3) is 0 Å². The molecule has 0 unspecified atom stereocenters. The Hall–Kier alpha value is -0.520. The molecule has 0 aliphatic carbocycles. The molecule has 0 spiro atoms. The molecule has 0 fully saturated rings. The number of ether oxygens (including phenoxy) is 1. The Morgan fingerprint density at radius 2 is 2.38 bits per heavy atom. The number of aliphatic hydroxyl groups excluding tert-OH is 1. The van der Waals surface area contributed by atoms with Gasteiger partial charge in [-0.2, -0.15) is 0 Å². The fraction of sp³-hybridized carbons (Fsp3) is 0.667. The lowest BCUT2D eigenvalue weighted by molar-refractivity contribution is 0.115. The largest absolute Gasteiger partial charge is 0.394 e. The molecular formula is C6H10O2. The van der Waals surface area contributed by atoms with Crippen LogP contribution in [0, 0.1) is 11.8 Å². The number of rotatable bonds is 3. The van der Waals surface area contributed by atoms with Crippen molar-refractivity contribution >= 4 is 0 Å². The van der Waals surface area contributed by atoms with E-state index in [1.807, 2.05) is 0 Å². The average molecular weight is 114 g/mol. The van der Waals surface area contributed by atoms with Gasteiger partial charge in [0.2, 0.25) is 0 Å². The van der Waals surface area contributed by atoms with E-state index >= 15 is 0 Å². The van der Waals surface area contributed by atoms with Crippen LogP contribution in [-0.4, -0.2) is 24.9 Å². The van der Waals surface area contributed by atoms with Crippen molar-refractivity contribution in [2.75, 3.05) is 19.8 Å². The molecule has 0 heterocycles. The molecule has 0 saturated carbocycles. The van der Waals surface area contributed by atoms with Crippen molar-refractivity contribution in [2.45, 2.75) is 6.92 Å². The van der Waals surface area contributed by atoms with Gasteiger partial charge in [0, 0.05) is 0 Å². The van der Waals surface area contributed by atoms with Crippen LogP contribution in [0.2, 0.25) is 0 Å². The van der Waals surface area contributed by atoms with Crippen molar-refractivity contribution in [1.29, 1.82) is 0 Å². The second-order valence-electron chi connectivity index (χ2n) is 1.20. The van der Waals surface area contributed by atoms with E-state index in [0.29, 0.717) is 13.2 Å². The fourth-order valence-corrected chi connectivity index (χ4v) is 0.260. The molecule has 0 aliphatic heterocycles. The molecule has 0 aromatic rings. The Bertz CT molecular complexity index is 88.4. The Labute approximate surface area is 49.5 Å². The third-order valence-corrected chi connectivity index (χ3v) is 0.587. The summed E-state index contributed by atoms with van der Waals surface area (Å²) in [6, 6.07) is 0. The lowest BCUT2D eigenvalue weighted by Crippen LogP contribution is -1.98. The van der Waals surface area contributed by atoms with E-state index in [4.69, 9.17) is 9.84 Å². The van der Waals surface area contributed by atoms with Gasteiger partial charge in [-0.1, -0.05) is 5.92 Å². The molecule has 0 atom stereocenters. The highest BCUT2D eigenvalue weighted by Gasteiger charge is 1.76. The molecule has 0 bridgehead atoms. The maximum absolute atomic E-state index is 8.19. The van der Waals surface area contributed by atoms with Crippen LogP contribution in [0.4, 0.5) is 0 Å². The first kappa shape index (κ1) is 7.48. The van der Waals surface area contributed by atoms with Crippen LogP contribution in [0.25, 0.3) is 0 Å². The monoisotopic (exact) mass is 114 g/mol. The molecular weight excluding hydrogens is 104 g/mol. The SMILES string of the molecule is CC#CCOCCO. The van der Waals surface area contributed by atoms with Gasteiger partial charge in [-0.25, -0.2) is 0 Å². The Morgan fingerprint density at radius 3 is 2.88 bits per heavy atom. The van der Waals surface area contributed by atoms with Crippen LogP contribution < -0.4 is 0 Å². The van der Waals surface area contributed by atoms with Crippen molar-refractivity contribution in [3.05, 3.63) is 0 Å². The molecule has 1 N–H and O–H groups in total. The third-order valence-electron chi connectivity index (χ3n) is 0.587. The van der Waals surface area contributed by atoms with Gasteiger partial charge in [-0.3, -0.25) is 0 Å². The lowest BCUT2D eigenvalue weighted by atomic mass is 10.6. The first-order valence-electron chi connectivity index (χ1n) is 2.50. The third kappa shape index (κ3) is 5.48. The van der Waals surface area contributed by atoms with Crippen molar-refractivity contribution in [2.24, 2.45) is 0 Å². The molecule has 2 nitrogen and oxygen atoms in total. The highest BCUT2D eigenvalue weighted by molar-refractivity contribution is 4.94. The second kappa shape index (κ2) is 6.48. The zero-order valence-corrected chi connectivity index (χ0v) is 4.98. The minimum Gasteiger partial charge on any atom is -0.394 e. The summed E-state index contributed by atoms with van der Waals surface area (Å²) in [5.41, 5.74) is 0. The quantitative estimate of drug-likeness (QED) is 0.414. The summed E-state index contributed by atoms with van der Waals surface area (Å²) < 4.78 is 4.80. The lowest BCUT2D eigenvalue weighted by Gasteiger charge is -1.91. The Kier molecular flexibility index (Phi) is 6.06. The second-order valence-corrected chi connectivity index (χ2v) is 1.20. The summed E-state index contributed by atoms with van der Waals surface area (Å²) in [6.07, 6.45) is 0. The maximum Gasteiger partial charge on any atom is 0.107 e. The maximum atomic E-state index is 8.19. The van der Waals surface area contributed by atoms with Crippen LogP contribution in [0.5, 0.6) is 0 Å². The summed E-state index contributed by atoms with van der Waals surface area (Å²) in [4.78, 5) is 0. The van der Waals surface area contributed by atoms with Gasteiger partial charge in [0.05, 0.1) is 13.2 Å². The molecule has 0 rings (SSSR count). The van der Waals surface area contributed by atoms with Crippen molar-refractivity contribution < 1.29 is 9.84 Å². The van der Waals surface area contributed by atoms with Crippen LogP contribution in [-0.2, 0) is 4.74 Å². The summed E-state index contributed by atoms with van der Waals surface area (Å²) >= 11 is 0. The predicted octanol–water partition coefficient (Wildman–Crippen LogP) is 0.0186. The van der Waals surface area contributed by atoms with Gasteiger partial charge in [0.1, 0.15) is 6.61 Å². The molecule has 0 saturated heterocycles. The molecule has 2 heteroatoms. The molecule has 8 heavy (non-hydrogen) atoms. The zero-order valence-electron chi connectivity index (χ0n) is 4.98. The predicted molar refractivity (Wildman–Crippen MR) is 31.4 cm³/mol. The van der Waals surface area contributed by atoms with Crippen molar-refractivity contribution in [3.8, 4) is 11.8 Å². The minimum absolute atomic E-state index is 0.0748. The molecule has 0 aromatic carbocycles. The highest BCUT2D eigenvalue weighted by Crippen LogP contribution is 1.68. The van der Waals surface area contributed by atoms with Gasteiger partial charge in [-0.05, 0) is 6.92 Å². The molecule has 46 valence electrons. The van der Waals surface area contributed by atoms with Gasteiger partial charge >= 0.3 is 0 Å². The smallest absolute Gasteiger partial charge is 0.107 e. The minimum atomic E-state index is 0.0748. The summed E-state index contributed by atoms with van der Waals surface area (Å²) in [5.74, 6) is 5.37. The van der Waals surface area contributed by atoms with Gasteiger partial charge < -0.3 is 9.84 Å². The van der Waals surface area contributed by atoms with Crippen LogP contribution in [0.3, 0.4) is 0 Å². The van der Waals surface area contributed by atoms with E-state index in [9.17, 15) is 0 Å². The molecule has 0 aliphatic rings. The summed E-state index contributed by atoms with van der Waals surface area (Å²) in [7, 11) is 0. The van der Waals surface area contributed by atoms with E-state index in [1.54, 1.807) is 6.92 Å². The summed E-state index contributed by atoms with van der Waals surface area (Å²) in [5, 5.41) is 8.19. The average Bonchev–Trinajstić information content (AvgIpc) is 1.81. The number of hydrogen-bond acceptors (Lipinski definition) is 2. The van der Waals surface area contributed by atoms with E-state index in [0.717, 1.165) is 0 Å². The van der Waals surface area contributed by atoms with E-state index in [-0.39, 0.29) is 6.61 Å². The Morgan fingerprint density at radius 1 is 1.62 bits per heavy atom. The highest BCUT2D eigenvalue weighted by atomic mass is 16.5. The molecule has 0 radical (unpaired) electrons. The fourth-order valence-electron chi connectivity index (χ4n) is 0.260. The standard InChI is InChI=1S/C6H10O2/c1-2-3-5-8-6-4-7/h7H,4-6H2,1H3. The van der Waals surface area contributed by atoms with Gasteiger partial charge in [0.15, 0.2) is 0 Å². The molecule has 0 aromatic heterocycles. The molecule has 0 amide bonds. The van der Waals surface area contributed by atoms with Gasteiger partial charge in [-0.15, -0.1) is 5.92 Å². The first-order valence-corrected chi connectivity index (χ1v) is 2.50. The summed E-state index contributed by atoms with van der Waals surface area (Å²) in [6.45, 7) is 2.64. The van der Waals surface area contributed by atoms with E-state index in [2.05, 4.69) is 11.8 Å². The van der Waals surface area contributed by atoms with Crippen LogP contribution >= 0.6 is 0 Å². The number of aliphatic hydroxyl groups is 1. The van der Waals surface area contributed by atoms with Crippen LogP contribution in [0.15, 0.2) is 0 Å². The van der Waals surface area contributed by atoms with Crippen molar-refractivity contribution in [1.82, 2.24) is 0 Å². The Balaban J connectivity index is 2.79. The van der Waals surface area contributed by atoms with Crippen molar-refractivity contribution in [3.63, 3.8) is 0 Å².